The van der Waals surface area contributed by atoms with E-state index in [1.54, 1.807) is 0 Å². The van der Waals surface area contributed by atoms with Gasteiger partial charge in [0.1, 0.15) is 5.78 Å². The molecule has 4 aliphatic rings. The molecule has 1 N–H and O–H groups in total. The van der Waals surface area contributed by atoms with Crippen molar-refractivity contribution in [3.8, 4) is 0 Å². The molecular weight excluding hydrogens is 272 g/mol. The number of ketones is 1. The number of aliphatic hydroxyl groups is 1. The molecule has 0 heterocycles. The molecule has 0 spiro atoms. The summed E-state index contributed by atoms with van der Waals surface area (Å²) in [7, 11) is 0. The topological polar surface area (TPSA) is 37.3 Å². The number of hydrogen-bond acceptors (Lipinski definition) is 2. The van der Waals surface area contributed by atoms with E-state index in [1.807, 2.05) is 6.92 Å². The molecule has 0 aliphatic heterocycles. The predicted molar refractivity (Wildman–Crippen MR) is 87.4 cm³/mol. The lowest BCUT2D eigenvalue weighted by atomic mass is 9.44. The van der Waals surface area contributed by atoms with Gasteiger partial charge in [0.15, 0.2) is 0 Å². The SMILES string of the molecule is [2H]C([2H])([2H])[C@]1(O)CC[C@H]2[C@@H]3CC[C@H]4CC(=O)CC[C@]4(C)[C@H]3CC[C@@]21C. The van der Waals surface area contributed by atoms with Crippen molar-refractivity contribution in [2.75, 3.05) is 0 Å². The number of carbonyl (C=O) groups excluding carboxylic acids is 1. The maximum absolute atomic E-state index is 12.0. The molecule has 4 fully saturated rings. The zero-order valence-corrected chi connectivity index (χ0v) is 14.0. The third-order valence-electron chi connectivity index (χ3n) is 8.63. The molecule has 0 radical (unpaired) electrons. The van der Waals surface area contributed by atoms with E-state index < -0.39 is 17.9 Å². The largest absolute Gasteiger partial charge is 0.390 e. The zero-order valence-electron chi connectivity index (χ0n) is 17.0. The summed E-state index contributed by atoms with van der Waals surface area (Å²) in [6, 6.07) is 0. The Morgan fingerprint density at radius 2 is 1.86 bits per heavy atom. The van der Waals surface area contributed by atoms with Crippen molar-refractivity contribution in [1.29, 1.82) is 0 Å². The molecule has 22 heavy (non-hydrogen) atoms. The summed E-state index contributed by atoms with van der Waals surface area (Å²) in [5.41, 5.74) is -1.79. The molecule has 2 nitrogen and oxygen atoms in total. The highest BCUT2D eigenvalue weighted by atomic mass is 16.3. The second kappa shape index (κ2) is 4.59. The molecule has 0 aromatic rings. The Balaban J connectivity index is 1.66. The molecule has 0 amide bonds. The van der Waals surface area contributed by atoms with Crippen molar-refractivity contribution in [2.45, 2.75) is 84.1 Å². The van der Waals surface area contributed by atoms with Crippen LogP contribution in [0.3, 0.4) is 0 Å². The lowest BCUT2D eigenvalue weighted by Crippen LogP contribution is -2.55. The second-order valence-corrected chi connectivity index (χ2v) is 9.25. The van der Waals surface area contributed by atoms with E-state index in [1.165, 1.54) is 0 Å². The van der Waals surface area contributed by atoms with Crippen LogP contribution in [0.2, 0.25) is 0 Å². The van der Waals surface area contributed by atoms with Crippen molar-refractivity contribution >= 4 is 5.78 Å². The third-order valence-corrected chi connectivity index (χ3v) is 8.63. The summed E-state index contributed by atoms with van der Waals surface area (Å²) in [4.78, 5) is 12.0. The van der Waals surface area contributed by atoms with E-state index in [9.17, 15) is 9.90 Å². The fourth-order valence-corrected chi connectivity index (χ4v) is 7.06. The first kappa shape index (κ1) is 12.1. The van der Waals surface area contributed by atoms with Gasteiger partial charge in [-0.1, -0.05) is 13.8 Å². The molecule has 0 saturated heterocycles. The van der Waals surface area contributed by atoms with Crippen molar-refractivity contribution in [3.05, 3.63) is 0 Å². The number of Topliss-reactive ketones (excluding diaryl/α,β-unsaturated/α-hetero) is 1. The Morgan fingerprint density at radius 1 is 1.09 bits per heavy atom. The van der Waals surface area contributed by atoms with E-state index in [0.717, 1.165) is 51.4 Å². The second-order valence-electron chi connectivity index (χ2n) is 9.25. The average molecular weight is 307 g/mol. The van der Waals surface area contributed by atoms with Gasteiger partial charge in [-0.3, -0.25) is 4.79 Å². The van der Waals surface area contributed by atoms with Crippen molar-refractivity contribution in [2.24, 2.45) is 34.5 Å². The first-order valence-electron chi connectivity index (χ1n) is 10.8. The molecule has 4 rings (SSSR count). The molecule has 0 aromatic carbocycles. The van der Waals surface area contributed by atoms with Crippen molar-refractivity contribution in [1.82, 2.24) is 0 Å². The maximum Gasteiger partial charge on any atom is 0.133 e. The molecule has 4 saturated carbocycles. The van der Waals surface area contributed by atoms with E-state index in [-0.39, 0.29) is 5.41 Å². The molecular formula is C20H32O2. The number of rotatable bonds is 0. The van der Waals surface area contributed by atoms with Gasteiger partial charge in [0.2, 0.25) is 0 Å². The van der Waals surface area contributed by atoms with Crippen LogP contribution in [-0.4, -0.2) is 16.5 Å². The lowest BCUT2D eigenvalue weighted by molar-refractivity contribution is -0.152. The Morgan fingerprint density at radius 3 is 2.64 bits per heavy atom. The molecule has 0 aromatic heterocycles. The van der Waals surface area contributed by atoms with Gasteiger partial charge in [-0.05, 0) is 86.3 Å². The van der Waals surface area contributed by atoms with Crippen LogP contribution in [0, 0.1) is 34.5 Å². The number of hydrogen-bond donors (Lipinski definition) is 1. The minimum atomic E-state index is -2.30. The Kier molecular flexibility index (Phi) is 2.51. The summed E-state index contributed by atoms with van der Waals surface area (Å²) >= 11 is 0. The Hall–Kier alpha value is -0.370. The summed E-state index contributed by atoms with van der Waals surface area (Å²) in [6.07, 6.45) is 7.75. The quantitative estimate of drug-likeness (QED) is 0.722. The van der Waals surface area contributed by atoms with E-state index in [0.29, 0.717) is 35.9 Å². The van der Waals surface area contributed by atoms with Crippen molar-refractivity contribution in [3.63, 3.8) is 0 Å². The Bertz CT molecular complexity index is 588. The van der Waals surface area contributed by atoms with E-state index >= 15 is 0 Å². The molecule has 0 bridgehead atoms. The van der Waals surface area contributed by atoms with Gasteiger partial charge in [0.25, 0.3) is 0 Å². The normalized spacial score (nSPS) is 60.5. The monoisotopic (exact) mass is 307 g/mol. The minimum absolute atomic E-state index is 0.235. The van der Waals surface area contributed by atoms with Gasteiger partial charge in [0, 0.05) is 17.0 Å². The molecule has 7 atom stereocenters. The van der Waals surface area contributed by atoms with Crippen LogP contribution in [0.1, 0.15) is 82.6 Å². The summed E-state index contributed by atoms with van der Waals surface area (Å²) in [5.74, 6) is 2.37. The summed E-state index contributed by atoms with van der Waals surface area (Å²) in [6.45, 7) is 2.14. The van der Waals surface area contributed by atoms with Crippen LogP contribution in [0.4, 0.5) is 0 Å². The highest BCUT2D eigenvalue weighted by Crippen LogP contribution is 2.67. The standard InChI is InChI=1S/C20H32O2/c1-18-9-6-14(21)12-13(18)4-5-15-16(18)7-10-19(2)17(15)8-11-20(19,3)22/h13,15-17,22H,4-12H2,1-3H3/t13-,15+,16-,17-,18-,19-,20-/m0/s1/i3D3. The summed E-state index contributed by atoms with van der Waals surface area (Å²) < 4.78 is 23.9. The first-order valence-corrected chi connectivity index (χ1v) is 9.27. The average Bonchev–Trinajstić information content (AvgIpc) is 2.81. The smallest absolute Gasteiger partial charge is 0.133 e. The van der Waals surface area contributed by atoms with Gasteiger partial charge in [-0.25, -0.2) is 0 Å². The predicted octanol–water partition coefficient (Wildman–Crippen LogP) is 4.35. The van der Waals surface area contributed by atoms with E-state index in [2.05, 4.69) is 6.92 Å². The molecule has 124 valence electrons. The van der Waals surface area contributed by atoms with Gasteiger partial charge < -0.3 is 5.11 Å². The third kappa shape index (κ3) is 1.79. The zero-order chi connectivity index (χ0) is 18.3. The number of fused-ring (bicyclic) bond motifs is 5. The van der Waals surface area contributed by atoms with Crippen LogP contribution in [-0.2, 0) is 4.79 Å². The molecule has 4 aliphatic carbocycles. The molecule has 0 unspecified atom stereocenters. The van der Waals surface area contributed by atoms with Crippen molar-refractivity contribution < 1.29 is 14.0 Å². The van der Waals surface area contributed by atoms with Gasteiger partial charge in [-0.2, -0.15) is 0 Å². The summed E-state index contributed by atoms with van der Waals surface area (Å²) in [5, 5.41) is 11.2. The number of carbonyl (C=O) groups is 1. The fraction of sp³-hybridized carbons (Fsp3) is 0.950. The highest BCUT2D eigenvalue weighted by molar-refractivity contribution is 5.79. The Labute approximate surface area is 139 Å². The van der Waals surface area contributed by atoms with E-state index in [4.69, 9.17) is 4.11 Å². The van der Waals surface area contributed by atoms with Crippen LogP contribution in [0.5, 0.6) is 0 Å². The van der Waals surface area contributed by atoms with Gasteiger partial charge in [-0.15, -0.1) is 0 Å². The fourth-order valence-electron chi connectivity index (χ4n) is 7.06. The molecule has 2 heteroatoms. The van der Waals surface area contributed by atoms with Crippen LogP contribution in [0.15, 0.2) is 0 Å². The minimum Gasteiger partial charge on any atom is -0.390 e. The first-order chi connectivity index (χ1) is 11.5. The van der Waals surface area contributed by atoms with Crippen LogP contribution in [0.25, 0.3) is 0 Å². The van der Waals surface area contributed by atoms with Gasteiger partial charge in [0.05, 0.1) is 5.60 Å². The van der Waals surface area contributed by atoms with Crippen LogP contribution < -0.4 is 0 Å². The van der Waals surface area contributed by atoms with Crippen LogP contribution >= 0.6 is 0 Å². The maximum atomic E-state index is 12.0. The lowest BCUT2D eigenvalue weighted by Gasteiger charge is -2.60. The highest BCUT2D eigenvalue weighted by Gasteiger charge is 2.63. The van der Waals surface area contributed by atoms with Gasteiger partial charge >= 0.3 is 0 Å².